The molecular weight excluding hydrogens is 412 g/mol. The molecule has 0 bridgehead atoms. The summed E-state index contributed by atoms with van der Waals surface area (Å²) in [4.78, 5) is 21.0. The molecule has 1 amide bonds. The van der Waals surface area contributed by atoms with Crippen molar-refractivity contribution < 1.29 is 18.7 Å². The van der Waals surface area contributed by atoms with Gasteiger partial charge in [-0.3, -0.25) is 4.79 Å². The lowest BCUT2D eigenvalue weighted by Crippen LogP contribution is -2.27. The van der Waals surface area contributed by atoms with Gasteiger partial charge in [-0.1, -0.05) is 6.07 Å². The Balaban J connectivity index is 0.00000218. The number of benzene rings is 1. The maximum atomic E-state index is 12.5. The first-order valence-corrected chi connectivity index (χ1v) is 8.91. The number of fused-ring (bicyclic) bond motifs is 2. The highest BCUT2D eigenvalue weighted by molar-refractivity contribution is 5.93. The van der Waals surface area contributed by atoms with E-state index in [-0.39, 0.29) is 36.7 Å². The molecule has 154 valence electrons. The number of halogens is 1. The van der Waals surface area contributed by atoms with E-state index in [1.54, 1.807) is 12.1 Å². The Bertz CT molecular complexity index is 1210. The Morgan fingerprint density at radius 1 is 1.17 bits per heavy atom. The van der Waals surface area contributed by atoms with Crippen molar-refractivity contribution in [3.8, 4) is 23.1 Å². The molecule has 0 atom stereocenters. The van der Waals surface area contributed by atoms with E-state index < -0.39 is 0 Å². The average molecular weight is 429 g/mol. The van der Waals surface area contributed by atoms with Crippen LogP contribution in [-0.4, -0.2) is 38.8 Å². The van der Waals surface area contributed by atoms with Crippen molar-refractivity contribution in [1.29, 1.82) is 0 Å². The number of nitrogens with one attached hydrogen (secondary N) is 1. The Morgan fingerprint density at radius 3 is 2.87 bits per heavy atom. The zero-order valence-electron chi connectivity index (χ0n) is 15.6. The van der Waals surface area contributed by atoms with Crippen LogP contribution in [0.3, 0.4) is 0 Å². The summed E-state index contributed by atoms with van der Waals surface area (Å²) in [6.07, 6.45) is 2.16. The summed E-state index contributed by atoms with van der Waals surface area (Å²) in [5.41, 5.74) is 7.55. The maximum absolute atomic E-state index is 12.5. The van der Waals surface area contributed by atoms with E-state index in [1.165, 1.54) is 16.8 Å². The Kier molecular flexibility index (Phi) is 5.15. The third-order valence-electron chi connectivity index (χ3n) is 4.46. The predicted molar refractivity (Wildman–Crippen MR) is 109 cm³/mol. The number of nitrogen functional groups attached to an aromatic ring is 1. The topological polar surface area (TPSA) is 130 Å². The van der Waals surface area contributed by atoms with Gasteiger partial charge in [-0.2, -0.15) is 4.52 Å². The number of nitrogens with zero attached hydrogens (tertiary/aromatic N) is 4. The lowest BCUT2D eigenvalue weighted by atomic mass is 10.1. The van der Waals surface area contributed by atoms with Crippen LogP contribution in [0, 0.1) is 0 Å². The van der Waals surface area contributed by atoms with E-state index in [1.807, 2.05) is 18.2 Å². The van der Waals surface area contributed by atoms with Crippen molar-refractivity contribution in [2.75, 3.05) is 19.1 Å². The molecule has 0 saturated carbocycles. The maximum Gasteiger partial charge on any atom is 0.270 e. The molecular formula is C19H17ClN6O4. The van der Waals surface area contributed by atoms with E-state index in [4.69, 9.17) is 19.6 Å². The number of nitrogens with two attached hydrogens (primary N) is 1. The van der Waals surface area contributed by atoms with E-state index in [0.29, 0.717) is 35.9 Å². The van der Waals surface area contributed by atoms with Crippen LogP contribution in [-0.2, 0) is 6.42 Å². The second-order valence-corrected chi connectivity index (χ2v) is 6.38. The van der Waals surface area contributed by atoms with Crippen molar-refractivity contribution >= 4 is 29.9 Å². The molecule has 4 aromatic rings. The summed E-state index contributed by atoms with van der Waals surface area (Å²) in [5, 5.41) is 7.09. The van der Waals surface area contributed by atoms with Crippen LogP contribution in [0.15, 0.2) is 47.1 Å². The molecule has 4 heterocycles. The zero-order chi connectivity index (χ0) is 19.8. The first kappa shape index (κ1) is 19.5. The van der Waals surface area contributed by atoms with Gasteiger partial charge >= 0.3 is 0 Å². The van der Waals surface area contributed by atoms with Gasteiger partial charge in [0.2, 0.25) is 18.6 Å². The standard InChI is InChI=1S/C19H16N6O4.ClH/c20-19-22-12(9-16-23-17(24-25(16)19)14-2-1-7-27-14)18(26)21-6-5-11-3-4-13-15(8-11)29-10-28-13;/h1-4,7-9H,5-6,10H2,(H2,20,22)(H,21,26);1H. The van der Waals surface area contributed by atoms with Crippen LogP contribution in [0.25, 0.3) is 17.2 Å². The molecule has 0 radical (unpaired) electrons. The van der Waals surface area contributed by atoms with Crippen molar-refractivity contribution in [3.05, 3.63) is 53.9 Å². The second kappa shape index (κ2) is 7.91. The molecule has 10 nitrogen and oxygen atoms in total. The van der Waals surface area contributed by atoms with E-state index in [9.17, 15) is 4.79 Å². The van der Waals surface area contributed by atoms with Crippen molar-refractivity contribution in [3.63, 3.8) is 0 Å². The highest BCUT2D eigenvalue weighted by Crippen LogP contribution is 2.32. The molecule has 11 heteroatoms. The van der Waals surface area contributed by atoms with Crippen molar-refractivity contribution in [2.45, 2.75) is 6.42 Å². The highest BCUT2D eigenvalue weighted by atomic mass is 35.5. The number of hydrogen-bond acceptors (Lipinski definition) is 8. The summed E-state index contributed by atoms with van der Waals surface area (Å²) in [7, 11) is 0. The Labute approximate surface area is 176 Å². The van der Waals surface area contributed by atoms with Gasteiger partial charge in [-0.25, -0.2) is 9.97 Å². The lowest BCUT2D eigenvalue weighted by molar-refractivity contribution is 0.0949. The van der Waals surface area contributed by atoms with Gasteiger partial charge in [-0.05, 0) is 36.2 Å². The van der Waals surface area contributed by atoms with Crippen LogP contribution in [0.4, 0.5) is 5.95 Å². The first-order valence-electron chi connectivity index (χ1n) is 8.91. The summed E-state index contributed by atoms with van der Waals surface area (Å²) in [5.74, 6) is 2.03. The van der Waals surface area contributed by atoms with Crippen LogP contribution in [0.1, 0.15) is 16.1 Å². The van der Waals surface area contributed by atoms with Gasteiger partial charge in [-0.15, -0.1) is 17.5 Å². The molecule has 0 unspecified atom stereocenters. The number of rotatable bonds is 5. The molecule has 0 spiro atoms. The molecule has 1 aliphatic heterocycles. The Hall–Kier alpha value is -3.79. The van der Waals surface area contributed by atoms with Gasteiger partial charge in [0, 0.05) is 12.6 Å². The van der Waals surface area contributed by atoms with Crippen LogP contribution < -0.4 is 20.5 Å². The summed E-state index contributed by atoms with van der Waals surface area (Å²) >= 11 is 0. The highest BCUT2D eigenvalue weighted by Gasteiger charge is 2.16. The number of carbonyl (C=O) groups is 1. The number of ether oxygens (including phenoxy) is 2. The largest absolute Gasteiger partial charge is 0.461 e. The fourth-order valence-corrected chi connectivity index (χ4v) is 3.05. The number of aromatic nitrogens is 4. The molecule has 30 heavy (non-hydrogen) atoms. The van der Waals surface area contributed by atoms with Gasteiger partial charge in [0.25, 0.3) is 5.91 Å². The van der Waals surface area contributed by atoms with Crippen molar-refractivity contribution in [1.82, 2.24) is 24.9 Å². The number of hydrogen-bond donors (Lipinski definition) is 2. The monoisotopic (exact) mass is 428 g/mol. The fourth-order valence-electron chi connectivity index (χ4n) is 3.05. The van der Waals surface area contributed by atoms with E-state index in [2.05, 4.69) is 20.4 Å². The zero-order valence-corrected chi connectivity index (χ0v) is 16.4. The minimum Gasteiger partial charge on any atom is -0.461 e. The molecule has 5 rings (SSSR count). The second-order valence-electron chi connectivity index (χ2n) is 6.38. The summed E-state index contributed by atoms with van der Waals surface area (Å²) in [6.45, 7) is 0.658. The number of anilines is 1. The fraction of sp³-hybridized carbons (Fsp3) is 0.158. The quantitative estimate of drug-likeness (QED) is 0.494. The van der Waals surface area contributed by atoms with Gasteiger partial charge in [0.1, 0.15) is 5.69 Å². The summed E-state index contributed by atoms with van der Waals surface area (Å²) < 4.78 is 17.3. The minimum absolute atomic E-state index is 0. The van der Waals surface area contributed by atoms with Gasteiger partial charge in [0.15, 0.2) is 22.9 Å². The van der Waals surface area contributed by atoms with Crippen LogP contribution in [0.2, 0.25) is 0 Å². The number of amides is 1. The Morgan fingerprint density at radius 2 is 2.03 bits per heavy atom. The van der Waals surface area contributed by atoms with Gasteiger partial charge < -0.3 is 24.9 Å². The molecule has 1 aliphatic rings. The number of carbonyl (C=O) groups excluding carboxylic acids is 1. The molecule has 3 aromatic heterocycles. The average Bonchev–Trinajstić information content (AvgIpc) is 3.46. The molecule has 3 N–H and O–H groups in total. The van der Waals surface area contributed by atoms with E-state index in [0.717, 1.165) is 11.3 Å². The number of furan rings is 1. The lowest BCUT2D eigenvalue weighted by Gasteiger charge is -2.07. The van der Waals surface area contributed by atoms with E-state index >= 15 is 0 Å². The molecule has 0 fully saturated rings. The predicted octanol–water partition coefficient (Wildman–Crippen LogP) is 2.09. The minimum atomic E-state index is -0.345. The molecule has 0 aliphatic carbocycles. The molecule has 0 saturated heterocycles. The summed E-state index contributed by atoms with van der Waals surface area (Å²) in [6, 6.07) is 10.7. The van der Waals surface area contributed by atoms with Crippen molar-refractivity contribution in [2.24, 2.45) is 0 Å². The normalized spacial score (nSPS) is 12.0. The third-order valence-corrected chi connectivity index (χ3v) is 4.46. The first-order chi connectivity index (χ1) is 14.2. The van der Waals surface area contributed by atoms with Crippen LogP contribution >= 0.6 is 12.4 Å². The third kappa shape index (κ3) is 3.60. The SMILES string of the molecule is Cl.Nc1nc(C(=O)NCCc2ccc3c(c2)OCO3)cc2nc(-c3ccco3)nn12. The van der Waals surface area contributed by atoms with Gasteiger partial charge in [0.05, 0.1) is 6.26 Å². The molecule has 1 aromatic carbocycles. The van der Waals surface area contributed by atoms with Crippen LogP contribution in [0.5, 0.6) is 11.5 Å². The smallest absolute Gasteiger partial charge is 0.270 e.